The minimum absolute atomic E-state index is 0.188. The first-order valence-corrected chi connectivity index (χ1v) is 9.30. The molecule has 0 aliphatic heterocycles. The van der Waals surface area contributed by atoms with E-state index in [-0.39, 0.29) is 11.0 Å². The zero-order chi connectivity index (χ0) is 20.2. The second-order valence-electron chi connectivity index (χ2n) is 5.61. The zero-order valence-corrected chi connectivity index (χ0v) is 16.6. The fourth-order valence-electron chi connectivity index (χ4n) is 2.25. The predicted octanol–water partition coefficient (Wildman–Crippen LogP) is 3.79. The quantitative estimate of drug-likeness (QED) is 0.359. The lowest BCUT2D eigenvalue weighted by Gasteiger charge is -2.12. The fraction of sp³-hybridized carbons (Fsp3) is 0.238. The van der Waals surface area contributed by atoms with E-state index in [1.54, 1.807) is 36.4 Å². The number of rotatable bonds is 10. The molecule has 6 nitrogen and oxygen atoms in total. The predicted molar refractivity (Wildman–Crippen MR) is 114 cm³/mol. The number of nitrogens with one attached hydrogen (secondary N) is 2. The molecule has 2 rings (SSSR count). The number of thiocarbonyl (C=S) groups is 1. The summed E-state index contributed by atoms with van der Waals surface area (Å²) in [5.41, 5.74) is 1.15. The lowest BCUT2D eigenvalue weighted by Crippen LogP contribution is -2.34. The molecule has 0 heterocycles. The second kappa shape index (κ2) is 11.7. The van der Waals surface area contributed by atoms with E-state index >= 15 is 0 Å². The molecule has 28 heavy (non-hydrogen) atoms. The van der Waals surface area contributed by atoms with Crippen LogP contribution in [0.4, 0.5) is 5.69 Å². The van der Waals surface area contributed by atoms with Crippen LogP contribution in [0, 0.1) is 0 Å². The van der Waals surface area contributed by atoms with Crippen molar-refractivity contribution in [3.63, 3.8) is 0 Å². The van der Waals surface area contributed by atoms with Crippen LogP contribution in [0.5, 0.6) is 11.5 Å². The highest BCUT2D eigenvalue weighted by molar-refractivity contribution is 7.80. The van der Waals surface area contributed by atoms with Crippen molar-refractivity contribution in [2.75, 3.05) is 31.7 Å². The van der Waals surface area contributed by atoms with Crippen LogP contribution in [0.2, 0.25) is 0 Å². The fourth-order valence-corrected chi connectivity index (χ4v) is 2.46. The van der Waals surface area contributed by atoms with Crippen LogP contribution in [0.3, 0.4) is 0 Å². The lowest BCUT2D eigenvalue weighted by atomic mass is 10.2. The van der Waals surface area contributed by atoms with Gasteiger partial charge >= 0.3 is 0 Å². The number of benzene rings is 2. The van der Waals surface area contributed by atoms with Crippen molar-refractivity contribution >= 4 is 28.9 Å². The second-order valence-corrected chi connectivity index (χ2v) is 6.02. The van der Waals surface area contributed by atoms with Crippen LogP contribution < -0.4 is 20.1 Å². The Kier molecular flexibility index (Phi) is 8.97. The molecular weight excluding hydrogens is 376 g/mol. The number of ether oxygens (including phenoxy) is 3. The number of amides is 1. The normalized spacial score (nSPS) is 10.0. The largest absolute Gasteiger partial charge is 0.491 e. The van der Waals surface area contributed by atoms with Gasteiger partial charge in [0.1, 0.15) is 24.7 Å². The van der Waals surface area contributed by atoms with Crippen LogP contribution in [0.25, 0.3) is 0 Å². The zero-order valence-electron chi connectivity index (χ0n) is 15.8. The summed E-state index contributed by atoms with van der Waals surface area (Å²) >= 11 is 5.23. The van der Waals surface area contributed by atoms with E-state index in [0.29, 0.717) is 49.2 Å². The van der Waals surface area contributed by atoms with E-state index in [4.69, 9.17) is 26.4 Å². The van der Waals surface area contributed by atoms with Gasteiger partial charge in [0.15, 0.2) is 5.11 Å². The van der Waals surface area contributed by atoms with Gasteiger partial charge in [-0.15, -0.1) is 0 Å². The van der Waals surface area contributed by atoms with Crippen molar-refractivity contribution in [2.45, 2.75) is 6.92 Å². The van der Waals surface area contributed by atoms with E-state index in [1.165, 1.54) is 0 Å². The molecular formula is C21H24N2O4S. The monoisotopic (exact) mass is 400 g/mol. The Morgan fingerprint density at radius 3 is 2.61 bits per heavy atom. The van der Waals surface area contributed by atoms with Crippen molar-refractivity contribution in [3.8, 4) is 11.5 Å². The van der Waals surface area contributed by atoms with Gasteiger partial charge in [0.2, 0.25) is 0 Å². The van der Waals surface area contributed by atoms with E-state index < -0.39 is 0 Å². The summed E-state index contributed by atoms with van der Waals surface area (Å²) in [5.74, 6) is 0.945. The topological polar surface area (TPSA) is 68.8 Å². The molecule has 7 heteroatoms. The highest BCUT2D eigenvalue weighted by Crippen LogP contribution is 2.17. The van der Waals surface area contributed by atoms with Gasteiger partial charge in [-0.05, 0) is 49.5 Å². The molecule has 0 radical (unpaired) electrons. The molecule has 2 N–H and O–H groups in total. The Hall–Kier alpha value is -2.90. The molecule has 0 saturated heterocycles. The molecule has 0 fully saturated rings. The standard InChI is InChI=1S/C21H24N2O4S/c1-3-11-26-19-10-6-8-17(15-19)22-21(28)23-20(24)16-7-5-9-18(14-16)27-13-12-25-4-2/h3,5-10,14-15H,1,4,11-13H2,2H3,(H2,22,23,24,28). The van der Waals surface area contributed by atoms with Crippen molar-refractivity contribution in [1.82, 2.24) is 5.32 Å². The van der Waals surface area contributed by atoms with E-state index in [2.05, 4.69) is 17.2 Å². The van der Waals surface area contributed by atoms with Gasteiger partial charge in [0.25, 0.3) is 5.91 Å². The summed E-state index contributed by atoms with van der Waals surface area (Å²) in [5, 5.41) is 5.81. The van der Waals surface area contributed by atoms with Gasteiger partial charge in [0.05, 0.1) is 6.61 Å². The summed E-state index contributed by atoms with van der Waals surface area (Å²) < 4.78 is 16.3. The third-order valence-electron chi connectivity index (χ3n) is 3.48. The van der Waals surface area contributed by atoms with Crippen molar-refractivity contribution < 1.29 is 19.0 Å². The highest BCUT2D eigenvalue weighted by atomic mass is 32.1. The maximum Gasteiger partial charge on any atom is 0.257 e. The van der Waals surface area contributed by atoms with Crippen molar-refractivity contribution in [1.29, 1.82) is 0 Å². The molecule has 0 spiro atoms. The van der Waals surface area contributed by atoms with Gasteiger partial charge in [-0.25, -0.2) is 0 Å². The first-order chi connectivity index (χ1) is 13.6. The number of hydrogen-bond donors (Lipinski definition) is 2. The van der Waals surface area contributed by atoms with Gasteiger partial charge in [-0.3, -0.25) is 10.1 Å². The van der Waals surface area contributed by atoms with Gasteiger partial charge in [-0.2, -0.15) is 0 Å². The molecule has 0 aliphatic rings. The average Bonchev–Trinajstić information content (AvgIpc) is 2.70. The molecule has 0 bridgehead atoms. The maximum absolute atomic E-state index is 12.4. The maximum atomic E-state index is 12.4. The number of anilines is 1. The van der Waals surface area contributed by atoms with E-state index in [0.717, 1.165) is 0 Å². The van der Waals surface area contributed by atoms with E-state index in [1.807, 2.05) is 25.1 Å². The number of carbonyl (C=O) groups is 1. The van der Waals surface area contributed by atoms with E-state index in [9.17, 15) is 4.79 Å². The third-order valence-corrected chi connectivity index (χ3v) is 3.69. The molecule has 148 valence electrons. The first kappa shape index (κ1) is 21.4. The molecule has 0 aromatic heterocycles. The third kappa shape index (κ3) is 7.38. The molecule has 0 saturated carbocycles. The Labute approximate surface area is 170 Å². The highest BCUT2D eigenvalue weighted by Gasteiger charge is 2.09. The summed E-state index contributed by atoms with van der Waals surface area (Å²) in [6.07, 6.45) is 1.67. The Balaban J connectivity index is 1.90. The molecule has 2 aromatic rings. The number of hydrogen-bond acceptors (Lipinski definition) is 5. The lowest BCUT2D eigenvalue weighted by molar-refractivity contribution is 0.0976. The molecule has 0 aliphatic carbocycles. The Bertz CT molecular complexity index is 810. The smallest absolute Gasteiger partial charge is 0.257 e. The average molecular weight is 401 g/mol. The molecule has 2 aromatic carbocycles. The molecule has 0 atom stereocenters. The summed E-state index contributed by atoms with van der Waals surface area (Å²) in [6.45, 7) is 7.50. The summed E-state index contributed by atoms with van der Waals surface area (Å²) in [6, 6.07) is 14.2. The van der Waals surface area contributed by atoms with Crippen LogP contribution in [0.1, 0.15) is 17.3 Å². The summed E-state index contributed by atoms with van der Waals surface area (Å²) in [7, 11) is 0. The van der Waals surface area contributed by atoms with Gasteiger partial charge < -0.3 is 19.5 Å². The van der Waals surface area contributed by atoms with Crippen molar-refractivity contribution in [3.05, 3.63) is 66.7 Å². The minimum Gasteiger partial charge on any atom is -0.491 e. The van der Waals surface area contributed by atoms with Crippen LogP contribution in [0.15, 0.2) is 61.2 Å². The van der Waals surface area contributed by atoms with Gasteiger partial charge in [0, 0.05) is 23.9 Å². The molecule has 0 unspecified atom stereocenters. The molecule has 1 amide bonds. The van der Waals surface area contributed by atoms with Crippen molar-refractivity contribution in [2.24, 2.45) is 0 Å². The SMILES string of the molecule is C=CCOc1cccc(NC(=S)NC(=O)c2cccc(OCCOCC)c2)c1. The summed E-state index contributed by atoms with van der Waals surface area (Å²) in [4.78, 5) is 12.4. The van der Waals surface area contributed by atoms with Crippen LogP contribution >= 0.6 is 12.2 Å². The Morgan fingerprint density at radius 2 is 1.86 bits per heavy atom. The van der Waals surface area contributed by atoms with Crippen LogP contribution in [-0.4, -0.2) is 37.4 Å². The number of carbonyl (C=O) groups excluding carboxylic acids is 1. The Morgan fingerprint density at radius 1 is 1.11 bits per heavy atom. The minimum atomic E-state index is -0.327. The first-order valence-electron chi connectivity index (χ1n) is 8.89. The van der Waals surface area contributed by atoms with Gasteiger partial charge in [-0.1, -0.05) is 24.8 Å². The van der Waals surface area contributed by atoms with Crippen LogP contribution in [-0.2, 0) is 4.74 Å².